The molecule has 1 amide bonds. The van der Waals surface area contributed by atoms with Crippen LogP contribution in [0.5, 0.6) is 5.75 Å². The van der Waals surface area contributed by atoms with E-state index in [0.29, 0.717) is 0 Å². The molecule has 0 radical (unpaired) electrons. The van der Waals surface area contributed by atoms with Crippen LogP contribution in [0.25, 0.3) is 0 Å². The van der Waals surface area contributed by atoms with E-state index in [1.165, 1.54) is 23.1 Å². The normalized spacial score (nSPS) is 11.9. The Balaban J connectivity index is 3.04. The summed E-state index contributed by atoms with van der Waals surface area (Å²) in [5, 5.41) is 9.61. The van der Waals surface area contributed by atoms with E-state index in [-0.39, 0.29) is 33.3 Å². The molecule has 0 aliphatic carbocycles. The zero-order valence-corrected chi connectivity index (χ0v) is 11.0. The Morgan fingerprint density at radius 3 is 2.71 bits per heavy atom. The van der Waals surface area contributed by atoms with Crippen molar-refractivity contribution in [3.8, 4) is 5.75 Å². The van der Waals surface area contributed by atoms with Crippen molar-refractivity contribution in [1.82, 2.24) is 4.90 Å². The molecule has 1 unspecified atom stereocenters. The van der Waals surface area contributed by atoms with E-state index in [4.69, 9.17) is 29.6 Å². The molecule has 0 aliphatic heterocycles. The summed E-state index contributed by atoms with van der Waals surface area (Å²) in [6.07, 6.45) is 0. The molecule has 1 aromatic rings. The van der Waals surface area contributed by atoms with Gasteiger partial charge < -0.3 is 15.7 Å². The first-order valence-corrected chi connectivity index (χ1v) is 5.68. The van der Waals surface area contributed by atoms with Gasteiger partial charge in [0.1, 0.15) is 5.75 Å². The van der Waals surface area contributed by atoms with Crippen LogP contribution in [-0.2, 0) is 0 Å². The van der Waals surface area contributed by atoms with Crippen molar-refractivity contribution in [3.05, 3.63) is 28.8 Å². The van der Waals surface area contributed by atoms with Gasteiger partial charge in [-0.3, -0.25) is 4.79 Å². The maximum atomic E-state index is 12.1. The van der Waals surface area contributed by atoms with Crippen molar-refractivity contribution in [2.75, 3.05) is 7.05 Å². The van der Waals surface area contributed by atoms with Gasteiger partial charge in [0, 0.05) is 7.05 Å². The number of aromatic hydroxyl groups is 1. The predicted molar refractivity (Wildman–Crippen MR) is 71.5 cm³/mol. The molecular formula is C11H13ClN2O2S. The van der Waals surface area contributed by atoms with Crippen LogP contribution in [0, 0.1) is 0 Å². The molecule has 0 heterocycles. The highest BCUT2D eigenvalue weighted by Crippen LogP contribution is 2.22. The first-order chi connectivity index (χ1) is 7.84. The predicted octanol–water partition coefficient (Wildman–Crippen LogP) is 1.79. The fourth-order valence-electron chi connectivity index (χ4n) is 1.23. The molecule has 1 aromatic carbocycles. The lowest BCUT2D eigenvalue weighted by molar-refractivity contribution is 0.0778. The van der Waals surface area contributed by atoms with Crippen LogP contribution < -0.4 is 5.73 Å². The number of nitrogens with two attached hydrogens (primary N) is 1. The highest BCUT2D eigenvalue weighted by molar-refractivity contribution is 7.80. The summed E-state index contributed by atoms with van der Waals surface area (Å²) in [4.78, 5) is 13.7. The zero-order chi connectivity index (χ0) is 13.2. The monoisotopic (exact) mass is 272 g/mol. The van der Waals surface area contributed by atoms with Crippen molar-refractivity contribution in [1.29, 1.82) is 0 Å². The van der Waals surface area contributed by atoms with Crippen molar-refractivity contribution in [2.45, 2.75) is 13.0 Å². The average Bonchev–Trinajstić information content (AvgIpc) is 2.29. The third kappa shape index (κ3) is 3.08. The fraction of sp³-hybridized carbons (Fsp3) is 0.273. The number of benzene rings is 1. The van der Waals surface area contributed by atoms with Gasteiger partial charge in [-0.2, -0.15) is 0 Å². The lowest BCUT2D eigenvalue weighted by Crippen LogP contribution is -2.42. The molecule has 4 nitrogen and oxygen atoms in total. The minimum absolute atomic E-state index is 0.0193. The Morgan fingerprint density at radius 1 is 1.59 bits per heavy atom. The van der Waals surface area contributed by atoms with Gasteiger partial charge in [0.05, 0.1) is 21.6 Å². The van der Waals surface area contributed by atoms with Gasteiger partial charge >= 0.3 is 0 Å². The van der Waals surface area contributed by atoms with E-state index < -0.39 is 0 Å². The SMILES string of the molecule is CC(C(N)=S)N(C)C(=O)c1cc(O)ccc1Cl. The van der Waals surface area contributed by atoms with Crippen LogP contribution in [0.4, 0.5) is 0 Å². The van der Waals surface area contributed by atoms with Crippen LogP contribution in [0.15, 0.2) is 18.2 Å². The number of amides is 1. The maximum absolute atomic E-state index is 12.1. The summed E-state index contributed by atoms with van der Waals surface area (Å²) in [5.41, 5.74) is 5.70. The fourth-order valence-corrected chi connectivity index (χ4v) is 1.59. The highest BCUT2D eigenvalue weighted by atomic mass is 35.5. The number of halogens is 1. The first kappa shape index (κ1) is 13.7. The number of phenolic OH excluding ortho intramolecular Hbond substituents is 1. The lowest BCUT2D eigenvalue weighted by atomic mass is 10.1. The zero-order valence-electron chi connectivity index (χ0n) is 9.48. The van der Waals surface area contributed by atoms with Gasteiger partial charge in [-0.15, -0.1) is 0 Å². The van der Waals surface area contributed by atoms with Gasteiger partial charge in [-0.25, -0.2) is 0 Å². The molecule has 1 rings (SSSR count). The molecular weight excluding hydrogens is 260 g/mol. The van der Waals surface area contributed by atoms with E-state index in [1.807, 2.05) is 0 Å². The third-order valence-corrected chi connectivity index (χ3v) is 3.16. The van der Waals surface area contributed by atoms with E-state index in [2.05, 4.69) is 0 Å². The molecule has 6 heteroatoms. The number of hydrogen-bond donors (Lipinski definition) is 2. The van der Waals surface area contributed by atoms with Gasteiger partial charge in [-0.05, 0) is 25.1 Å². The van der Waals surface area contributed by atoms with Crippen LogP contribution in [0.1, 0.15) is 17.3 Å². The second-order valence-corrected chi connectivity index (χ2v) is 4.54. The van der Waals surface area contributed by atoms with Gasteiger partial charge in [0.2, 0.25) is 0 Å². The molecule has 0 aliphatic rings. The van der Waals surface area contributed by atoms with Gasteiger partial charge in [0.15, 0.2) is 0 Å². The van der Waals surface area contributed by atoms with Gasteiger partial charge in [0.25, 0.3) is 5.91 Å². The standard InChI is InChI=1S/C11H13ClN2O2S/c1-6(10(13)17)14(2)11(16)8-5-7(15)3-4-9(8)12/h3-6,15H,1-2H3,(H2,13,17). The number of thiocarbonyl (C=S) groups is 1. The Morgan fingerprint density at radius 2 is 2.18 bits per heavy atom. The van der Waals surface area contributed by atoms with Crippen LogP contribution >= 0.6 is 23.8 Å². The molecule has 3 N–H and O–H groups in total. The molecule has 0 saturated heterocycles. The lowest BCUT2D eigenvalue weighted by Gasteiger charge is -2.24. The summed E-state index contributed by atoms with van der Waals surface area (Å²) in [7, 11) is 1.58. The molecule has 17 heavy (non-hydrogen) atoms. The van der Waals surface area contributed by atoms with Crippen molar-refractivity contribution < 1.29 is 9.90 Å². The maximum Gasteiger partial charge on any atom is 0.255 e. The molecule has 0 saturated carbocycles. The number of likely N-dealkylation sites (N-methyl/N-ethyl adjacent to an activating group) is 1. The third-order valence-electron chi connectivity index (χ3n) is 2.49. The van der Waals surface area contributed by atoms with Gasteiger partial charge in [-0.1, -0.05) is 23.8 Å². The number of nitrogens with zero attached hydrogens (tertiary/aromatic N) is 1. The van der Waals surface area contributed by atoms with Crippen LogP contribution in [0.3, 0.4) is 0 Å². The Labute approximate surface area is 110 Å². The number of rotatable bonds is 3. The Bertz CT molecular complexity index is 465. The van der Waals surface area contributed by atoms with Crippen LogP contribution in [-0.4, -0.2) is 34.0 Å². The summed E-state index contributed by atoms with van der Waals surface area (Å²) in [6, 6.07) is 3.81. The minimum Gasteiger partial charge on any atom is -0.508 e. The quantitative estimate of drug-likeness (QED) is 0.824. The van der Waals surface area contributed by atoms with E-state index >= 15 is 0 Å². The molecule has 0 bridgehead atoms. The molecule has 1 atom stereocenters. The first-order valence-electron chi connectivity index (χ1n) is 4.89. The summed E-state index contributed by atoms with van der Waals surface area (Å²) < 4.78 is 0. The van der Waals surface area contributed by atoms with E-state index in [1.54, 1.807) is 14.0 Å². The molecule has 0 fully saturated rings. The highest BCUT2D eigenvalue weighted by Gasteiger charge is 2.21. The Hall–Kier alpha value is -1.33. The number of hydrogen-bond acceptors (Lipinski definition) is 3. The second kappa shape index (κ2) is 5.33. The second-order valence-electron chi connectivity index (χ2n) is 3.66. The number of carbonyl (C=O) groups excluding carboxylic acids is 1. The van der Waals surface area contributed by atoms with E-state index in [9.17, 15) is 9.90 Å². The molecule has 0 spiro atoms. The van der Waals surface area contributed by atoms with Crippen LogP contribution in [0.2, 0.25) is 5.02 Å². The number of carbonyl (C=O) groups is 1. The van der Waals surface area contributed by atoms with Crippen molar-refractivity contribution in [2.24, 2.45) is 5.73 Å². The topological polar surface area (TPSA) is 66.6 Å². The minimum atomic E-state index is -0.379. The average molecular weight is 273 g/mol. The van der Waals surface area contributed by atoms with Crippen molar-refractivity contribution >= 4 is 34.7 Å². The largest absolute Gasteiger partial charge is 0.508 e. The molecule has 0 aromatic heterocycles. The summed E-state index contributed by atoms with van der Waals surface area (Å²) in [5.74, 6) is -0.361. The number of phenols is 1. The van der Waals surface area contributed by atoms with E-state index in [0.717, 1.165) is 0 Å². The summed E-state index contributed by atoms with van der Waals surface area (Å²) >= 11 is 10.7. The Kier molecular flexibility index (Phi) is 4.31. The summed E-state index contributed by atoms with van der Waals surface area (Å²) in [6.45, 7) is 1.72. The smallest absolute Gasteiger partial charge is 0.255 e. The van der Waals surface area contributed by atoms with Crippen molar-refractivity contribution in [3.63, 3.8) is 0 Å². The molecule has 92 valence electrons.